The Morgan fingerprint density at radius 3 is 2.00 bits per heavy atom. The van der Waals surface area contributed by atoms with E-state index in [-0.39, 0.29) is 45.0 Å². The third kappa shape index (κ3) is 7.40. The van der Waals surface area contributed by atoms with E-state index in [9.17, 15) is 51.1 Å². The van der Waals surface area contributed by atoms with Crippen LogP contribution in [0.15, 0.2) is 11.6 Å². The number of fused-ring (bicyclic) bond motifs is 7. The molecule has 17 nitrogen and oxygen atoms in total. The van der Waals surface area contributed by atoms with Crippen LogP contribution in [0.1, 0.15) is 113 Å². The third-order valence-corrected chi connectivity index (χ3v) is 19.0. The maximum absolute atomic E-state index is 15.1. The van der Waals surface area contributed by atoms with Gasteiger partial charge in [0, 0.05) is 0 Å². The van der Waals surface area contributed by atoms with Crippen LogP contribution in [0.3, 0.4) is 0 Å². The summed E-state index contributed by atoms with van der Waals surface area (Å²) in [4.78, 5) is 15.1. The fourth-order valence-electron chi connectivity index (χ4n) is 14.8. The number of ether oxygens (including phenoxy) is 6. The van der Waals surface area contributed by atoms with Gasteiger partial charge in [0.15, 0.2) is 18.7 Å². The molecule has 0 aromatic heterocycles. The first-order valence-corrected chi connectivity index (χ1v) is 23.7. The lowest BCUT2D eigenvalue weighted by atomic mass is 9.33. The highest BCUT2D eigenvalue weighted by atomic mass is 16.8. The second-order valence-corrected chi connectivity index (χ2v) is 23.2. The molecule has 10 N–H and O–H groups in total. The monoisotopic (exact) mass is 913 g/mol. The van der Waals surface area contributed by atoms with Gasteiger partial charge in [0.2, 0.25) is 6.29 Å². The zero-order valence-corrected chi connectivity index (χ0v) is 38.5. The lowest BCUT2D eigenvalue weighted by Crippen LogP contribution is -2.66. The Balaban J connectivity index is 1.06. The minimum Gasteiger partial charge on any atom is -0.432 e. The van der Waals surface area contributed by atoms with Crippen LogP contribution in [0, 0.1) is 50.2 Å². The quantitative estimate of drug-likeness (QED) is 0.0870. The molecule has 3 saturated heterocycles. The van der Waals surface area contributed by atoms with Crippen molar-refractivity contribution in [3.05, 3.63) is 11.6 Å². The van der Waals surface area contributed by atoms with E-state index in [1.807, 2.05) is 0 Å². The summed E-state index contributed by atoms with van der Waals surface area (Å²) in [5, 5.41) is 105. The standard InChI is InChI=1S/C47H76O17/c1-41(2)14-16-46(40(57)64-38-35(33(54)31(52)26(20-49)61-38)63-39-36(56)47(58,21-50)22-59-39)17-15-44(6)23(24(46)18-41)8-9-28-43(5)12-11-29(42(3,4)27(43)10-13-45(28,44)7)62-37-34(55)32(53)30(51)25(19-48)60-37/h8,24-39,48-56,58H,9-22H2,1-7H3/t24-,25-,26-,27+,28-,29+,30-,31-,32+,33+,34-,35-,36+,37+,38+,39+,43+,44-,45-,46+,47-/m1/s1. The van der Waals surface area contributed by atoms with E-state index in [4.69, 9.17) is 28.4 Å². The van der Waals surface area contributed by atoms with Crippen LogP contribution in [0.2, 0.25) is 0 Å². The second kappa shape index (κ2) is 16.9. The Morgan fingerprint density at radius 2 is 1.36 bits per heavy atom. The molecule has 0 aromatic carbocycles. The predicted molar refractivity (Wildman–Crippen MR) is 224 cm³/mol. The molecule has 8 rings (SSSR count). The SMILES string of the molecule is CC1(C)CC[C@]2(C(=O)O[C@@H]3O[C@H](CO)[C@@H](O)[C@H](O)[C@H]3O[C@@H]3OC[C@](O)(CO)[C@H]3O)CC[C@]3(C)C(=CC[C@@H]4[C@@]5(C)CC[C@H](O[C@@H]6O[C@H](CO)[C@@H](O)[C@H](O)[C@H]6O)C(C)(C)[C@@H]5CC[C@]43C)[C@H]2C1. The summed E-state index contributed by atoms with van der Waals surface area (Å²) < 4.78 is 35.9. The normalized spacial score (nSPS) is 53.2. The fourth-order valence-corrected chi connectivity index (χ4v) is 14.8. The van der Waals surface area contributed by atoms with E-state index >= 15 is 4.79 Å². The van der Waals surface area contributed by atoms with E-state index in [0.717, 1.165) is 44.9 Å². The number of aliphatic hydroxyl groups is 10. The highest BCUT2D eigenvalue weighted by Crippen LogP contribution is 2.76. The molecule has 0 aromatic rings. The van der Waals surface area contributed by atoms with E-state index < -0.39 is 117 Å². The molecule has 64 heavy (non-hydrogen) atoms. The molecule has 5 aliphatic carbocycles. The number of aliphatic hydroxyl groups excluding tert-OH is 9. The summed E-state index contributed by atoms with van der Waals surface area (Å²) in [7, 11) is 0. The largest absolute Gasteiger partial charge is 0.432 e. The van der Waals surface area contributed by atoms with Crippen molar-refractivity contribution >= 4 is 5.97 Å². The highest BCUT2D eigenvalue weighted by molar-refractivity contribution is 5.79. The van der Waals surface area contributed by atoms with E-state index in [1.165, 1.54) is 5.57 Å². The predicted octanol–water partition coefficient (Wildman–Crippen LogP) is 0.781. The molecule has 17 heteroatoms. The Kier molecular flexibility index (Phi) is 13.0. The summed E-state index contributed by atoms with van der Waals surface area (Å²) in [5.74, 6) is -0.180. The highest BCUT2D eigenvalue weighted by Gasteiger charge is 2.70. The van der Waals surface area contributed by atoms with Gasteiger partial charge in [-0.05, 0) is 109 Å². The molecule has 0 unspecified atom stereocenters. The van der Waals surface area contributed by atoms with E-state index in [2.05, 4.69) is 54.5 Å². The van der Waals surface area contributed by atoms with Gasteiger partial charge in [0.1, 0.15) is 54.4 Å². The molecule has 3 heterocycles. The van der Waals surface area contributed by atoms with E-state index in [1.54, 1.807) is 0 Å². The first-order valence-electron chi connectivity index (χ1n) is 23.7. The Labute approximate surface area is 376 Å². The second-order valence-electron chi connectivity index (χ2n) is 23.2. The molecule has 0 bridgehead atoms. The van der Waals surface area contributed by atoms with E-state index in [0.29, 0.717) is 25.2 Å². The number of rotatable bonds is 9. The van der Waals surface area contributed by atoms with Gasteiger partial charge in [-0.3, -0.25) is 4.79 Å². The summed E-state index contributed by atoms with van der Waals surface area (Å²) in [5.41, 5.74) is -2.68. The molecule has 8 aliphatic rings. The summed E-state index contributed by atoms with van der Waals surface area (Å²) in [6.07, 6.45) is -8.32. The van der Waals surface area contributed by atoms with Gasteiger partial charge < -0.3 is 79.5 Å². The van der Waals surface area contributed by atoms with Crippen LogP contribution >= 0.6 is 0 Å². The Bertz CT molecular complexity index is 1760. The number of esters is 1. The fraction of sp³-hybridized carbons (Fsp3) is 0.936. The van der Waals surface area contributed by atoms with Crippen LogP contribution in [0.25, 0.3) is 0 Å². The third-order valence-electron chi connectivity index (χ3n) is 19.0. The van der Waals surface area contributed by atoms with Crippen LogP contribution in [-0.4, -0.2) is 169 Å². The molecule has 3 aliphatic heterocycles. The zero-order valence-electron chi connectivity index (χ0n) is 38.5. The Hall–Kier alpha value is -1.39. The van der Waals surface area contributed by atoms with Crippen molar-refractivity contribution in [2.75, 3.05) is 26.4 Å². The molecule has 366 valence electrons. The molecular formula is C47H76O17. The van der Waals surface area contributed by atoms with Gasteiger partial charge in [0.25, 0.3) is 0 Å². The van der Waals surface area contributed by atoms with Gasteiger partial charge in [0.05, 0.1) is 37.9 Å². The first-order chi connectivity index (χ1) is 29.9. The number of carbonyl (C=O) groups is 1. The summed E-state index contributed by atoms with van der Waals surface area (Å²) in [6, 6.07) is 0. The summed E-state index contributed by atoms with van der Waals surface area (Å²) in [6.45, 7) is 13.6. The minimum absolute atomic E-state index is 0.0903. The van der Waals surface area contributed by atoms with Gasteiger partial charge in [-0.2, -0.15) is 0 Å². The van der Waals surface area contributed by atoms with Gasteiger partial charge in [-0.15, -0.1) is 0 Å². The average Bonchev–Trinajstić information content (AvgIpc) is 3.53. The van der Waals surface area contributed by atoms with Gasteiger partial charge in [-0.25, -0.2) is 0 Å². The van der Waals surface area contributed by atoms with Gasteiger partial charge in [-0.1, -0.05) is 60.1 Å². The Morgan fingerprint density at radius 1 is 0.719 bits per heavy atom. The van der Waals surface area contributed by atoms with Crippen LogP contribution in [-0.2, 0) is 33.2 Å². The average molecular weight is 913 g/mol. The van der Waals surface area contributed by atoms with Crippen molar-refractivity contribution in [1.82, 2.24) is 0 Å². The molecule has 0 amide bonds. The molecule has 0 spiro atoms. The van der Waals surface area contributed by atoms with Crippen molar-refractivity contribution in [1.29, 1.82) is 0 Å². The lowest BCUT2D eigenvalue weighted by Gasteiger charge is -2.71. The molecule has 4 saturated carbocycles. The molecule has 21 atom stereocenters. The maximum atomic E-state index is 15.1. The lowest BCUT2D eigenvalue weighted by molar-refractivity contribution is -0.331. The molecule has 7 fully saturated rings. The van der Waals surface area contributed by atoms with Crippen LogP contribution in [0.5, 0.6) is 0 Å². The van der Waals surface area contributed by atoms with Crippen molar-refractivity contribution in [3.63, 3.8) is 0 Å². The summed E-state index contributed by atoms with van der Waals surface area (Å²) >= 11 is 0. The number of allylic oxidation sites excluding steroid dienone is 2. The van der Waals surface area contributed by atoms with Crippen molar-refractivity contribution in [2.24, 2.45) is 50.2 Å². The maximum Gasteiger partial charge on any atom is 0.315 e. The van der Waals surface area contributed by atoms with Gasteiger partial charge >= 0.3 is 5.97 Å². The first kappa shape index (κ1) is 49.0. The molecule has 0 radical (unpaired) electrons. The topological polar surface area (TPSA) is 275 Å². The number of carbonyl (C=O) groups excluding carboxylic acids is 1. The smallest absolute Gasteiger partial charge is 0.315 e. The van der Waals surface area contributed by atoms with Crippen LogP contribution in [0.4, 0.5) is 0 Å². The van der Waals surface area contributed by atoms with Crippen LogP contribution < -0.4 is 0 Å². The molecular weight excluding hydrogens is 836 g/mol. The number of hydrogen-bond donors (Lipinski definition) is 10. The van der Waals surface area contributed by atoms with Crippen molar-refractivity contribution in [2.45, 2.75) is 198 Å². The van der Waals surface area contributed by atoms with Crippen molar-refractivity contribution < 1.29 is 84.3 Å². The van der Waals surface area contributed by atoms with Crippen molar-refractivity contribution in [3.8, 4) is 0 Å². The minimum atomic E-state index is -2.04. The zero-order chi connectivity index (χ0) is 46.7. The number of hydrogen-bond acceptors (Lipinski definition) is 17.